The molecule has 8 heteroatoms. The molecule has 2 N–H and O–H groups in total. The lowest BCUT2D eigenvalue weighted by molar-refractivity contribution is 0.285. The molecule has 0 aromatic heterocycles. The van der Waals surface area contributed by atoms with E-state index >= 15 is 0 Å². The Morgan fingerprint density at radius 2 is 2.19 bits per heavy atom. The maximum atomic E-state index is 12.5. The molecule has 1 aromatic rings. The number of nitrogens with two attached hydrogens (primary N) is 1. The number of benzene rings is 1. The summed E-state index contributed by atoms with van der Waals surface area (Å²) in [5.74, 6) is 0.591. The highest BCUT2D eigenvalue weighted by molar-refractivity contribution is 9.10. The third kappa shape index (κ3) is 4.51. The molecular weight excluding hydrogens is 376 g/mol. The van der Waals surface area contributed by atoms with E-state index in [1.54, 1.807) is 18.2 Å². The van der Waals surface area contributed by atoms with Crippen LogP contribution in [0.4, 0.5) is 5.69 Å². The van der Waals surface area contributed by atoms with Crippen LogP contribution in [0.1, 0.15) is 12.8 Å². The Morgan fingerprint density at radius 3 is 2.81 bits per heavy atom. The molecule has 2 rings (SSSR count). The first kappa shape index (κ1) is 16.9. The summed E-state index contributed by atoms with van der Waals surface area (Å²) in [7, 11) is -4.33. The topological polar surface area (TPSA) is 80.5 Å². The Morgan fingerprint density at radius 1 is 1.48 bits per heavy atom. The molecule has 0 bridgehead atoms. The second kappa shape index (κ2) is 6.76. The van der Waals surface area contributed by atoms with Crippen molar-refractivity contribution in [3.63, 3.8) is 0 Å². The molecular formula is C13H19BrN2O3S2. The smallest absolute Gasteiger partial charge is 0.211 e. The number of hydrogen-bond acceptors (Lipinski definition) is 4. The largest absolute Gasteiger partial charge is 0.399 e. The number of piperidine rings is 1. The Balaban J connectivity index is 2.05. The Labute approximate surface area is 136 Å². The van der Waals surface area contributed by atoms with Crippen LogP contribution in [-0.4, -0.2) is 42.0 Å². The van der Waals surface area contributed by atoms with Gasteiger partial charge in [0.05, 0.1) is 22.0 Å². The molecule has 0 amide bonds. The Kier molecular flexibility index (Phi) is 5.45. The molecule has 1 saturated heterocycles. The van der Waals surface area contributed by atoms with Gasteiger partial charge in [0.2, 0.25) is 10.0 Å². The van der Waals surface area contributed by atoms with Crippen LogP contribution in [0.25, 0.3) is 0 Å². The summed E-state index contributed by atoms with van der Waals surface area (Å²) in [5, 5.41) is 0. The molecule has 2 atom stereocenters. The fourth-order valence-electron chi connectivity index (χ4n) is 2.47. The maximum absolute atomic E-state index is 12.5. The fraction of sp³-hybridized carbons (Fsp3) is 0.538. The highest BCUT2D eigenvalue weighted by Gasteiger charge is 2.27. The van der Waals surface area contributed by atoms with Crippen LogP contribution < -0.4 is 5.73 Å². The van der Waals surface area contributed by atoms with Crippen molar-refractivity contribution < 1.29 is 12.6 Å². The number of nitrogen functional groups attached to an aromatic ring is 1. The lowest BCUT2D eigenvalue weighted by atomic mass is 10.0. The third-order valence-electron chi connectivity index (χ3n) is 3.54. The van der Waals surface area contributed by atoms with Crippen LogP contribution in [0.5, 0.6) is 0 Å². The average molecular weight is 395 g/mol. The van der Waals surface area contributed by atoms with Crippen LogP contribution in [0, 0.1) is 5.92 Å². The summed E-state index contributed by atoms with van der Waals surface area (Å²) in [6.07, 6.45) is 2.95. The highest BCUT2D eigenvalue weighted by atomic mass is 79.9. The highest BCUT2D eigenvalue weighted by Crippen LogP contribution is 2.26. The van der Waals surface area contributed by atoms with Crippen molar-refractivity contribution in [1.82, 2.24) is 4.31 Å². The lowest BCUT2D eigenvalue weighted by Crippen LogP contribution is -2.40. The number of anilines is 1. The van der Waals surface area contributed by atoms with Crippen LogP contribution in [0.2, 0.25) is 0 Å². The second-order valence-corrected chi connectivity index (χ2v) is 9.63. The van der Waals surface area contributed by atoms with Crippen LogP contribution in [0.3, 0.4) is 0 Å². The molecule has 1 aliphatic heterocycles. The zero-order chi connectivity index (χ0) is 15.6. The summed E-state index contributed by atoms with van der Waals surface area (Å²) >= 11 is 3.38. The van der Waals surface area contributed by atoms with E-state index in [2.05, 4.69) is 15.9 Å². The van der Waals surface area contributed by atoms with Gasteiger partial charge >= 0.3 is 0 Å². The van der Waals surface area contributed by atoms with Gasteiger partial charge in [0.15, 0.2) is 0 Å². The number of nitrogens with zero attached hydrogens (tertiary/aromatic N) is 1. The molecule has 118 valence electrons. The lowest BCUT2D eigenvalue weighted by Gasteiger charge is -2.30. The van der Waals surface area contributed by atoms with Gasteiger partial charge in [0, 0.05) is 29.0 Å². The number of sulfonamides is 1. The molecule has 0 spiro atoms. The molecule has 1 heterocycles. The standard InChI is InChI=1S/C13H19BrN2O3S2/c1-21(18,19)16-6-2-3-10(8-16)9-20(17)13-5-4-11(15)7-12(13)14/h4-5,7,10H,2-3,6,8-9,15H2,1H3. The molecule has 1 fully saturated rings. The van der Waals surface area contributed by atoms with Crippen LogP contribution >= 0.6 is 15.9 Å². The van der Waals surface area contributed by atoms with Gasteiger partial charge in [-0.05, 0) is 52.9 Å². The monoisotopic (exact) mass is 394 g/mol. The molecule has 2 unspecified atom stereocenters. The predicted molar refractivity (Wildman–Crippen MR) is 89.0 cm³/mol. The first-order valence-electron chi connectivity index (χ1n) is 6.66. The van der Waals surface area contributed by atoms with Gasteiger partial charge in [-0.15, -0.1) is 0 Å². The van der Waals surface area contributed by atoms with Gasteiger partial charge in [-0.2, -0.15) is 0 Å². The van der Waals surface area contributed by atoms with Gasteiger partial charge in [-0.25, -0.2) is 12.7 Å². The third-order valence-corrected chi connectivity index (χ3v) is 7.35. The van der Waals surface area contributed by atoms with Gasteiger partial charge in [-0.1, -0.05) is 0 Å². The maximum Gasteiger partial charge on any atom is 0.211 e. The van der Waals surface area contributed by atoms with E-state index in [9.17, 15) is 12.6 Å². The minimum atomic E-state index is -3.16. The molecule has 0 saturated carbocycles. The SMILES string of the molecule is CS(=O)(=O)N1CCCC(CS(=O)c2ccc(N)cc2Br)C1. The summed E-state index contributed by atoms with van der Waals surface area (Å²) in [6.45, 7) is 1.02. The van der Waals surface area contributed by atoms with Gasteiger partial charge in [0.1, 0.15) is 0 Å². The van der Waals surface area contributed by atoms with E-state index < -0.39 is 20.8 Å². The average Bonchev–Trinajstić information content (AvgIpc) is 2.37. The van der Waals surface area contributed by atoms with Crippen molar-refractivity contribution in [2.45, 2.75) is 17.7 Å². The predicted octanol–water partition coefficient (Wildman–Crippen LogP) is 1.81. The fourth-order valence-corrected chi connectivity index (χ4v) is 5.73. The van der Waals surface area contributed by atoms with Gasteiger partial charge in [-0.3, -0.25) is 4.21 Å². The molecule has 5 nitrogen and oxygen atoms in total. The van der Waals surface area contributed by atoms with E-state index in [1.165, 1.54) is 10.6 Å². The Hall–Kier alpha value is -0.440. The quantitative estimate of drug-likeness (QED) is 0.789. The normalized spacial score (nSPS) is 22.1. The van der Waals surface area contributed by atoms with E-state index in [0.29, 0.717) is 29.4 Å². The molecule has 1 aliphatic rings. The molecule has 0 aliphatic carbocycles. The van der Waals surface area contributed by atoms with Crippen molar-refractivity contribution in [1.29, 1.82) is 0 Å². The van der Waals surface area contributed by atoms with Crippen molar-refractivity contribution in [2.24, 2.45) is 5.92 Å². The van der Waals surface area contributed by atoms with Crippen LogP contribution in [-0.2, 0) is 20.8 Å². The van der Waals surface area contributed by atoms with Gasteiger partial charge in [0.25, 0.3) is 0 Å². The second-order valence-electron chi connectivity index (χ2n) is 5.33. The minimum absolute atomic E-state index is 0.124. The van der Waals surface area contributed by atoms with E-state index in [-0.39, 0.29) is 5.92 Å². The van der Waals surface area contributed by atoms with E-state index in [1.807, 2.05) is 0 Å². The summed E-state index contributed by atoms with van der Waals surface area (Å²) in [5.41, 5.74) is 6.29. The minimum Gasteiger partial charge on any atom is -0.399 e. The van der Waals surface area contributed by atoms with E-state index in [4.69, 9.17) is 5.73 Å². The van der Waals surface area contributed by atoms with E-state index in [0.717, 1.165) is 17.3 Å². The van der Waals surface area contributed by atoms with Crippen molar-refractivity contribution in [3.05, 3.63) is 22.7 Å². The number of halogens is 1. The molecule has 0 radical (unpaired) electrons. The summed E-state index contributed by atoms with van der Waals surface area (Å²) < 4.78 is 37.9. The summed E-state index contributed by atoms with van der Waals surface area (Å²) in [4.78, 5) is 0.709. The van der Waals surface area contributed by atoms with Crippen molar-refractivity contribution in [2.75, 3.05) is 30.8 Å². The van der Waals surface area contributed by atoms with Crippen LogP contribution in [0.15, 0.2) is 27.6 Å². The number of hydrogen-bond donors (Lipinski definition) is 1. The first-order chi connectivity index (χ1) is 9.77. The number of rotatable bonds is 4. The van der Waals surface area contributed by atoms with Crippen molar-refractivity contribution in [3.8, 4) is 0 Å². The van der Waals surface area contributed by atoms with Gasteiger partial charge < -0.3 is 5.73 Å². The molecule has 21 heavy (non-hydrogen) atoms. The first-order valence-corrected chi connectivity index (χ1v) is 10.6. The van der Waals surface area contributed by atoms with Crippen molar-refractivity contribution >= 4 is 42.4 Å². The summed E-state index contributed by atoms with van der Waals surface area (Å²) in [6, 6.07) is 5.21. The molecule has 1 aromatic carbocycles. The zero-order valence-electron chi connectivity index (χ0n) is 11.8. The zero-order valence-corrected chi connectivity index (χ0v) is 15.0. The Bertz CT molecular complexity index is 649.